The molecule has 1 amide bonds. The number of hydrogen-bond acceptors (Lipinski definition) is 6. The van der Waals surface area contributed by atoms with Gasteiger partial charge in [0, 0.05) is 33.4 Å². The van der Waals surface area contributed by atoms with Gasteiger partial charge in [-0.25, -0.2) is 4.98 Å². The van der Waals surface area contributed by atoms with Gasteiger partial charge in [0.1, 0.15) is 5.82 Å². The molecule has 1 N–H and O–H groups in total. The van der Waals surface area contributed by atoms with Crippen molar-refractivity contribution in [1.82, 2.24) is 19.7 Å². The van der Waals surface area contributed by atoms with Crippen LogP contribution in [0.4, 0.5) is 5.13 Å². The maximum atomic E-state index is 12.5. The van der Waals surface area contributed by atoms with Crippen molar-refractivity contribution in [2.24, 2.45) is 0 Å². The lowest BCUT2D eigenvalue weighted by atomic mass is 10.1. The Morgan fingerprint density at radius 2 is 1.94 bits per heavy atom. The summed E-state index contributed by atoms with van der Waals surface area (Å²) in [5.41, 5.74) is 2.90. The minimum atomic E-state index is -0.149. The molecular weight excluding hydrogens is 542 g/mol. The number of hydrogen-bond donors (Lipinski definition) is 1. The van der Waals surface area contributed by atoms with Crippen molar-refractivity contribution < 1.29 is 4.79 Å². The maximum Gasteiger partial charge on any atom is 0.236 e. The van der Waals surface area contributed by atoms with Gasteiger partial charge in [0.2, 0.25) is 5.91 Å². The van der Waals surface area contributed by atoms with E-state index in [1.165, 1.54) is 23.1 Å². The van der Waals surface area contributed by atoms with Crippen molar-refractivity contribution in [3.63, 3.8) is 0 Å². The SMILES string of the molecule is C=CCn1c(Cc2ccc(Cl)cc2)nnc1SCC(=O)Nc1nc(-c2ccc(Br)cc2)cs1. The number of rotatable bonds is 9. The number of nitrogens with one attached hydrogen (secondary N) is 1. The number of thiazole rings is 1. The van der Waals surface area contributed by atoms with E-state index < -0.39 is 0 Å². The van der Waals surface area contributed by atoms with E-state index in [0.717, 1.165) is 27.1 Å². The summed E-state index contributed by atoms with van der Waals surface area (Å²) in [6.07, 6.45) is 2.40. The average molecular weight is 561 g/mol. The zero-order valence-electron chi connectivity index (χ0n) is 17.4. The molecule has 2 heterocycles. The third kappa shape index (κ3) is 6.32. The molecule has 0 unspecified atom stereocenters. The number of aromatic nitrogens is 4. The summed E-state index contributed by atoms with van der Waals surface area (Å²) in [5.74, 6) is 0.854. The topological polar surface area (TPSA) is 72.7 Å². The first kappa shape index (κ1) is 23.7. The van der Waals surface area contributed by atoms with Crippen molar-refractivity contribution >= 4 is 61.7 Å². The largest absolute Gasteiger partial charge is 0.302 e. The van der Waals surface area contributed by atoms with Crippen LogP contribution in [0.5, 0.6) is 0 Å². The molecule has 0 bridgehead atoms. The Labute approximate surface area is 213 Å². The Hall–Kier alpha value is -2.46. The van der Waals surface area contributed by atoms with Crippen molar-refractivity contribution in [3.8, 4) is 11.3 Å². The van der Waals surface area contributed by atoms with Gasteiger partial charge in [-0.15, -0.1) is 28.1 Å². The molecule has 0 aliphatic carbocycles. The van der Waals surface area contributed by atoms with Crippen LogP contribution in [0.2, 0.25) is 5.02 Å². The second-order valence-corrected chi connectivity index (χ2v) is 10.1. The zero-order valence-corrected chi connectivity index (χ0v) is 21.3. The van der Waals surface area contributed by atoms with Crippen molar-refractivity contribution in [3.05, 3.63) is 87.4 Å². The summed E-state index contributed by atoms with van der Waals surface area (Å²) >= 11 is 12.1. The van der Waals surface area contributed by atoms with E-state index in [4.69, 9.17) is 11.6 Å². The first-order valence-electron chi connectivity index (χ1n) is 9.93. The summed E-state index contributed by atoms with van der Waals surface area (Å²) < 4.78 is 2.97. The molecule has 0 atom stereocenters. The van der Waals surface area contributed by atoms with Crippen molar-refractivity contribution in [1.29, 1.82) is 0 Å². The van der Waals surface area contributed by atoms with E-state index >= 15 is 0 Å². The summed E-state index contributed by atoms with van der Waals surface area (Å²) in [6, 6.07) is 15.5. The Bertz CT molecular complexity index is 1250. The summed E-state index contributed by atoms with van der Waals surface area (Å²) in [7, 11) is 0. The molecule has 0 aliphatic rings. The molecule has 0 aliphatic heterocycles. The summed E-state index contributed by atoms with van der Waals surface area (Å²) in [4.78, 5) is 17.0. The molecule has 4 rings (SSSR count). The Kier molecular flexibility index (Phi) is 7.97. The van der Waals surface area contributed by atoms with E-state index in [-0.39, 0.29) is 11.7 Å². The predicted octanol–water partition coefficient (Wildman–Crippen LogP) is 6.33. The molecule has 6 nitrogen and oxygen atoms in total. The van der Waals surface area contributed by atoms with Gasteiger partial charge >= 0.3 is 0 Å². The van der Waals surface area contributed by atoms with E-state index in [0.29, 0.717) is 28.3 Å². The molecule has 2 aromatic carbocycles. The monoisotopic (exact) mass is 559 g/mol. The molecule has 0 saturated heterocycles. The third-order valence-electron chi connectivity index (χ3n) is 4.60. The number of anilines is 1. The highest BCUT2D eigenvalue weighted by Crippen LogP contribution is 2.26. The van der Waals surface area contributed by atoms with Gasteiger partial charge in [-0.3, -0.25) is 4.79 Å². The molecule has 33 heavy (non-hydrogen) atoms. The third-order valence-corrected chi connectivity index (χ3v) is 7.11. The normalized spacial score (nSPS) is 10.8. The first-order chi connectivity index (χ1) is 16.0. The summed E-state index contributed by atoms with van der Waals surface area (Å²) in [5, 5.41) is 15.3. The fraction of sp³-hybridized carbons (Fsp3) is 0.130. The van der Waals surface area contributed by atoms with E-state index in [1.54, 1.807) is 6.08 Å². The van der Waals surface area contributed by atoms with Gasteiger partial charge in [-0.05, 0) is 29.8 Å². The van der Waals surface area contributed by atoms with E-state index in [1.807, 2.05) is 58.5 Å². The Balaban J connectivity index is 1.38. The van der Waals surface area contributed by atoms with E-state index in [9.17, 15) is 4.79 Å². The second kappa shape index (κ2) is 11.1. The van der Waals surface area contributed by atoms with Gasteiger partial charge in [0.15, 0.2) is 10.3 Å². The van der Waals surface area contributed by atoms with Crippen LogP contribution in [0, 0.1) is 0 Å². The molecular formula is C23H19BrClN5OS2. The predicted molar refractivity (Wildman–Crippen MR) is 139 cm³/mol. The number of halogens is 2. The average Bonchev–Trinajstić information content (AvgIpc) is 3.42. The van der Waals surface area contributed by atoms with E-state index in [2.05, 4.69) is 43.0 Å². The van der Waals surface area contributed by atoms with Gasteiger partial charge in [0.05, 0.1) is 11.4 Å². The fourth-order valence-corrected chi connectivity index (χ4v) is 4.92. The highest BCUT2D eigenvalue weighted by Gasteiger charge is 2.15. The van der Waals surface area contributed by atoms with Crippen molar-refractivity contribution in [2.75, 3.05) is 11.1 Å². The number of thioether (sulfide) groups is 1. The van der Waals surface area contributed by atoms with Crippen LogP contribution in [0.15, 0.2) is 76.2 Å². The van der Waals surface area contributed by atoms with Crippen LogP contribution in [0.3, 0.4) is 0 Å². The number of benzene rings is 2. The lowest BCUT2D eigenvalue weighted by Crippen LogP contribution is -2.14. The second-order valence-electron chi connectivity index (χ2n) is 6.98. The van der Waals surface area contributed by atoms with Gasteiger partial charge in [-0.2, -0.15) is 0 Å². The maximum absolute atomic E-state index is 12.5. The Morgan fingerprint density at radius 3 is 2.67 bits per heavy atom. The van der Waals surface area contributed by atoms with Crippen LogP contribution in [-0.2, 0) is 17.8 Å². The molecule has 2 aromatic heterocycles. The fourth-order valence-electron chi connectivity index (χ4n) is 3.02. The van der Waals surface area contributed by atoms with Crippen LogP contribution in [0.1, 0.15) is 11.4 Å². The number of carbonyl (C=O) groups excluding carboxylic acids is 1. The first-order valence-corrected chi connectivity index (χ1v) is 13.0. The minimum Gasteiger partial charge on any atom is -0.302 e. The number of carbonyl (C=O) groups is 1. The number of nitrogens with zero attached hydrogens (tertiary/aromatic N) is 4. The molecule has 4 aromatic rings. The smallest absolute Gasteiger partial charge is 0.236 e. The van der Waals surface area contributed by atoms with Gasteiger partial charge < -0.3 is 9.88 Å². The minimum absolute atomic E-state index is 0.149. The van der Waals surface area contributed by atoms with Crippen LogP contribution >= 0.6 is 50.6 Å². The highest BCUT2D eigenvalue weighted by atomic mass is 79.9. The van der Waals surface area contributed by atoms with Gasteiger partial charge in [-0.1, -0.05) is 69.6 Å². The highest BCUT2D eigenvalue weighted by molar-refractivity contribution is 9.10. The standard InChI is InChI=1S/C23H19BrClN5OS2/c1-2-11-30-20(12-15-3-9-18(25)10-4-15)28-29-23(30)33-14-21(31)27-22-26-19(13-32-22)16-5-7-17(24)8-6-16/h2-10,13H,1,11-12,14H2,(H,26,27,31). The zero-order chi connectivity index (χ0) is 23.2. The lowest BCUT2D eigenvalue weighted by Gasteiger charge is -2.08. The molecule has 0 radical (unpaired) electrons. The van der Waals surface area contributed by atoms with Crippen LogP contribution in [-0.4, -0.2) is 31.4 Å². The molecule has 0 spiro atoms. The molecule has 0 saturated carbocycles. The quantitative estimate of drug-likeness (QED) is 0.191. The Morgan fingerprint density at radius 1 is 1.18 bits per heavy atom. The molecule has 0 fully saturated rings. The summed E-state index contributed by atoms with van der Waals surface area (Å²) in [6.45, 7) is 4.39. The van der Waals surface area contributed by atoms with Crippen LogP contribution in [0.25, 0.3) is 11.3 Å². The number of allylic oxidation sites excluding steroid dienone is 1. The van der Waals surface area contributed by atoms with Gasteiger partial charge in [0.25, 0.3) is 0 Å². The molecule has 168 valence electrons. The molecule has 10 heteroatoms. The van der Waals surface area contributed by atoms with Crippen molar-refractivity contribution in [2.45, 2.75) is 18.1 Å². The number of amides is 1. The lowest BCUT2D eigenvalue weighted by molar-refractivity contribution is -0.113. The van der Waals surface area contributed by atoms with Crippen LogP contribution < -0.4 is 5.32 Å².